The maximum Gasteiger partial charge on any atom is 0.310 e. The Morgan fingerprint density at radius 3 is 2.44 bits per heavy atom. The van der Waals surface area contributed by atoms with E-state index in [2.05, 4.69) is 44.4 Å². The lowest BCUT2D eigenvalue weighted by Crippen LogP contribution is -2.14. The molecule has 0 saturated heterocycles. The molecule has 2 aromatic carbocycles. The van der Waals surface area contributed by atoms with Gasteiger partial charge in [-0.1, -0.05) is 32.0 Å². The molecule has 1 saturated carbocycles. The topological polar surface area (TPSA) is 46.5 Å². The lowest BCUT2D eigenvalue weighted by Gasteiger charge is -2.18. The van der Waals surface area contributed by atoms with Gasteiger partial charge < -0.3 is 9.84 Å². The predicted molar refractivity (Wildman–Crippen MR) is 112 cm³/mol. The Morgan fingerprint density at radius 2 is 1.89 bits per heavy atom. The van der Waals surface area contributed by atoms with Gasteiger partial charge in [0.1, 0.15) is 5.75 Å². The zero-order chi connectivity index (χ0) is 19.4. The van der Waals surface area contributed by atoms with Gasteiger partial charge >= 0.3 is 5.97 Å². The molecule has 3 rings (SSSR count). The average Bonchev–Trinajstić information content (AvgIpc) is 3.48. The zero-order valence-electron chi connectivity index (χ0n) is 16.3. The first-order valence-electron chi connectivity index (χ1n) is 9.62. The summed E-state index contributed by atoms with van der Waals surface area (Å²) in [5.41, 5.74) is 2.89. The van der Waals surface area contributed by atoms with Gasteiger partial charge in [0, 0.05) is 10.5 Å². The third-order valence-corrected chi connectivity index (χ3v) is 5.73. The molecule has 0 radical (unpaired) electrons. The Balaban J connectivity index is 1.97. The maximum atomic E-state index is 11.8. The molecular formula is C23H28O3S. The van der Waals surface area contributed by atoms with Crippen molar-refractivity contribution >= 4 is 17.7 Å². The molecule has 1 aliphatic rings. The van der Waals surface area contributed by atoms with E-state index in [9.17, 15) is 9.90 Å². The van der Waals surface area contributed by atoms with E-state index < -0.39 is 11.9 Å². The predicted octanol–water partition coefficient (Wildman–Crippen LogP) is 6.08. The molecule has 0 amide bonds. The fraction of sp³-hybridized carbons (Fsp3) is 0.435. The first-order chi connectivity index (χ1) is 13.0. The molecule has 3 nitrogen and oxygen atoms in total. The molecule has 0 bridgehead atoms. The number of thioether (sulfide) groups is 1. The van der Waals surface area contributed by atoms with Gasteiger partial charge in [0.05, 0.1) is 12.5 Å². The molecule has 1 aliphatic carbocycles. The summed E-state index contributed by atoms with van der Waals surface area (Å²) in [4.78, 5) is 13.0. The van der Waals surface area contributed by atoms with Crippen LogP contribution in [0.3, 0.4) is 0 Å². The second kappa shape index (κ2) is 8.83. The lowest BCUT2D eigenvalue weighted by molar-refractivity contribution is -0.139. The van der Waals surface area contributed by atoms with Crippen LogP contribution in [0.4, 0.5) is 0 Å². The first-order valence-corrected chi connectivity index (χ1v) is 10.8. The average molecular weight is 385 g/mol. The summed E-state index contributed by atoms with van der Waals surface area (Å²) in [6, 6.07) is 14.3. The molecule has 0 heterocycles. The largest absolute Gasteiger partial charge is 0.493 e. The number of hydrogen-bond acceptors (Lipinski definition) is 3. The Hall–Kier alpha value is -1.94. The second-order valence-corrected chi connectivity index (χ2v) is 8.64. The van der Waals surface area contributed by atoms with Crippen LogP contribution in [0.2, 0.25) is 0 Å². The van der Waals surface area contributed by atoms with E-state index in [0.717, 1.165) is 29.0 Å². The molecule has 0 aromatic heterocycles. The van der Waals surface area contributed by atoms with Crippen molar-refractivity contribution in [1.29, 1.82) is 0 Å². The van der Waals surface area contributed by atoms with Crippen LogP contribution in [0.5, 0.6) is 5.75 Å². The number of aliphatic carboxylic acids is 1. The highest BCUT2D eigenvalue weighted by atomic mass is 32.2. The molecule has 1 fully saturated rings. The molecule has 27 heavy (non-hydrogen) atoms. The molecule has 2 aromatic rings. The van der Waals surface area contributed by atoms with Crippen molar-refractivity contribution in [3.8, 4) is 16.9 Å². The molecule has 4 heteroatoms. The number of hydrogen-bond donors (Lipinski definition) is 1. The van der Waals surface area contributed by atoms with E-state index >= 15 is 0 Å². The standard InChI is InChI=1S/C23H28O3S/c1-15(2)12-21(23(24)25)18-8-11-22(26-14-16-4-5-16)20(13-18)17-6-9-19(27-3)10-7-17/h6-11,13,15-16,21H,4-5,12,14H2,1-3H3,(H,24,25). The smallest absolute Gasteiger partial charge is 0.310 e. The Bertz CT molecular complexity index is 779. The monoisotopic (exact) mass is 384 g/mol. The van der Waals surface area contributed by atoms with Crippen molar-refractivity contribution in [1.82, 2.24) is 0 Å². The number of carboxylic acids is 1. The molecule has 0 spiro atoms. The highest BCUT2D eigenvalue weighted by Gasteiger charge is 2.25. The van der Waals surface area contributed by atoms with Crippen LogP contribution in [-0.2, 0) is 4.79 Å². The number of benzene rings is 2. The molecule has 144 valence electrons. The molecule has 1 atom stereocenters. The Kier molecular flexibility index (Phi) is 6.48. The molecule has 1 unspecified atom stereocenters. The van der Waals surface area contributed by atoms with E-state index in [1.54, 1.807) is 11.8 Å². The van der Waals surface area contributed by atoms with Crippen molar-refractivity contribution in [3.63, 3.8) is 0 Å². The Morgan fingerprint density at radius 1 is 1.19 bits per heavy atom. The van der Waals surface area contributed by atoms with E-state index in [1.165, 1.54) is 17.7 Å². The highest BCUT2D eigenvalue weighted by Crippen LogP contribution is 2.37. The summed E-state index contributed by atoms with van der Waals surface area (Å²) >= 11 is 1.71. The van der Waals surface area contributed by atoms with Crippen LogP contribution in [0.15, 0.2) is 47.4 Å². The number of carbonyl (C=O) groups is 1. The van der Waals surface area contributed by atoms with Gasteiger partial charge in [-0.2, -0.15) is 0 Å². The minimum Gasteiger partial charge on any atom is -0.493 e. The van der Waals surface area contributed by atoms with Crippen LogP contribution in [0.25, 0.3) is 11.1 Å². The third kappa shape index (κ3) is 5.29. The van der Waals surface area contributed by atoms with Gasteiger partial charge in [0.15, 0.2) is 0 Å². The lowest BCUT2D eigenvalue weighted by atomic mass is 9.88. The van der Waals surface area contributed by atoms with Crippen molar-refractivity contribution in [2.45, 2.75) is 43.9 Å². The first kappa shape index (κ1) is 19.8. The van der Waals surface area contributed by atoms with Crippen LogP contribution >= 0.6 is 11.8 Å². The number of ether oxygens (including phenoxy) is 1. The zero-order valence-corrected chi connectivity index (χ0v) is 17.1. The quantitative estimate of drug-likeness (QED) is 0.532. The van der Waals surface area contributed by atoms with Crippen LogP contribution < -0.4 is 4.74 Å². The van der Waals surface area contributed by atoms with E-state index in [-0.39, 0.29) is 0 Å². The number of carboxylic acid groups (broad SMARTS) is 1. The van der Waals surface area contributed by atoms with Crippen LogP contribution in [0.1, 0.15) is 44.6 Å². The maximum absolute atomic E-state index is 11.8. The van der Waals surface area contributed by atoms with Gasteiger partial charge in [0.25, 0.3) is 0 Å². The molecular weight excluding hydrogens is 356 g/mol. The number of rotatable bonds is 9. The van der Waals surface area contributed by atoms with Crippen LogP contribution in [-0.4, -0.2) is 23.9 Å². The van der Waals surface area contributed by atoms with E-state index in [1.807, 2.05) is 18.2 Å². The minimum atomic E-state index is -0.765. The SMILES string of the molecule is CSc1ccc(-c2cc(C(CC(C)C)C(=O)O)ccc2OCC2CC2)cc1. The van der Waals surface area contributed by atoms with E-state index in [4.69, 9.17) is 4.74 Å². The minimum absolute atomic E-state index is 0.321. The van der Waals surface area contributed by atoms with Gasteiger partial charge in [-0.3, -0.25) is 4.79 Å². The second-order valence-electron chi connectivity index (χ2n) is 7.76. The normalized spacial score (nSPS) is 15.0. The fourth-order valence-electron chi connectivity index (χ4n) is 3.23. The molecule has 0 aliphatic heterocycles. The molecule has 1 N–H and O–H groups in total. The summed E-state index contributed by atoms with van der Waals surface area (Å²) in [7, 11) is 0. The van der Waals surface area contributed by atoms with Gasteiger partial charge in [0.2, 0.25) is 0 Å². The van der Waals surface area contributed by atoms with Gasteiger partial charge in [-0.05, 0) is 72.7 Å². The summed E-state index contributed by atoms with van der Waals surface area (Å²) < 4.78 is 6.10. The third-order valence-electron chi connectivity index (χ3n) is 4.98. The summed E-state index contributed by atoms with van der Waals surface area (Å²) in [5, 5.41) is 9.73. The fourth-order valence-corrected chi connectivity index (χ4v) is 3.64. The van der Waals surface area contributed by atoms with Crippen LogP contribution in [0, 0.1) is 11.8 Å². The van der Waals surface area contributed by atoms with Gasteiger partial charge in [-0.25, -0.2) is 0 Å². The summed E-state index contributed by atoms with van der Waals surface area (Å²) in [6.45, 7) is 4.86. The van der Waals surface area contributed by atoms with E-state index in [0.29, 0.717) is 18.3 Å². The Labute approximate surface area is 166 Å². The highest BCUT2D eigenvalue weighted by molar-refractivity contribution is 7.98. The van der Waals surface area contributed by atoms with Crippen molar-refractivity contribution < 1.29 is 14.6 Å². The van der Waals surface area contributed by atoms with Crippen molar-refractivity contribution in [2.24, 2.45) is 11.8 Å². The van der Waals surface area contributed by atoms with Crippen molar-refractivity contribution in [3.05, 3.63) is 48.0 Å². The summed E-state index contributed by atoms with van der Waals surface area (Å²) in [6.07, 6.45) is 5.17. The summed E-state index contributed by atoms with van der Waals surface area (Å²) in [5.74, 6) is 0.576. The van der Waals surface area contributed by atoms with Crippen molar-refractivity contribution in [2.75, 3.05) is 12.9 Å². The van der Waals surface area contributed by atoms with Gasteiger partial charge in [-0.15, -0.1) is 11.8 Å².